The number of rotatable bonds is 4. The average Bonchev–Trinajstić information content (AvgIpc) is 3.27. The third kappa shape index (κ3) is 2.83. The Hall–Kier alpha value is -3.16. The highest BCUT2D eigenvalue weighted by Gasteiger charge is 2.33. The number of imidazole rings is 1. The maximum absolute atomic E-state index is 12.7. The van der Waals surface area contributed by atoms with Gasteiger partial charge in [-0.15, -0.1) is 0 Å². The van der Waals surface area contributed by atoms with Crippen molar-refractivity contribution in [1.82, 2.24) is 24.4 Å². The van der Waals surface area contributed by atoms with Crippen molar-refractivity contribution in [1.29, 1.82) is 0 Å². The summed E-state index contributed by atoms with van der Waals surface area (Å²) in [6, 6.07) is 3.54. The Morgan fingerprint density at radius 3 is 2.96 bits per heavy atom. The lowest BCUT2D eigenvalue weighted by Crippen LogP contribution is -2.41. The van der Waals surface area contributed by atoms with E-state index >= 15 is 0 Å². The molecule has 0 radical (unpaired) electrons. The molecule has 4 rings (SSSR count). The summed E-state index contributed by atoms with van der Waals surface area (Å²) in [6.07, 6.45) is 6.48. The van der Waals surface area contributed by atoms with Gasteiger partial charge in [0, 0.05) is 19.3 Å². The zero-order valence-electron chi connectivity index (χ0n) is 14.6. The van der Waals surface area contributed by atoms with Gasteiger partial charge in [0.05, 0.1) is 29.8 Å². The Morgan fingerprint density at radius 1 is 1.35 bits per heavy atom. The van der Waals surface area contributed by atoms with E-state index < -0.39 is 0 Å². The van der Waals surface area contributed by atoms with Gasteiger partial charge in [-0.3, -0.25) is 9.78 Å². The van der Waals surface area contributed by atoms with Gasteiger partial charge in [0.1, 0.15) is 18.2 Å². The molecule has 8 heteroatoms. The van der Waals surface area contributed by atoms with Crippen LogP contribution in [-0.2, 0) is 13.2 Å². The van der Waals surface area contributed by atoms with Crippen molar-refractivity contribution in [3.8, 4) is 5.75 Å². The number of hydrogen-bond donors (Lipinski definition) is 0. The van der Waals surface area contributed by atoms with Crippen LogP contribution in [0.3, 0.4) is 0 Å². The van der Waals surface area contributed by atoms with E-state index in [1.807, 2.05) is 19.1 Å². The molecule has 0 aliphatic carbocycles. The first-order valence-electron chi connectivity index (χ1n) is 8.43. The van der Waals surface area contributed by atoms with Crippen LogP contribution in [0, 0.1) is 6.92 Å². The van der Waals surface area contributed by atoms with Crippen molar-refractivity contribution in [2.75, 3.05) is 6.54 Å². The highest BCUT2D eigenvalue weighted by atomic mass is 16.5. The van der Waals surface area contributed by atoms with E-state index in [-0.39, 0.29) is 17.7 Å². The number of hydrogen-bond acceptors (Lipinski definition) is 6. The van der Waals surface area contributed by atoms with Crippen LogP contribution >= 0.6 is 0 Å². The molecule has 1 amide bonds. The fourth-order valence-electron chi connectivity index (χ4n) is 3.18. The summed E-state index contributed by atoms with van der Waals surface area (Å²) in [5, 5.41) is 0. The van der Waals surface area contributed by atoms with Gasteiger partial charge in [-0.25, -0.2) is 9.97 Å². The first-order chi connectivity index (χ1) is 12.6. The number of oxazole rings is 1. The SMILES string of the molecule is Cc1ncoc1C(=O)N1CCn2c(COc3cccnc3)cnc2C1C. The van der Waals surface area contributed by atoms with Crippen LogP contribution < -0.4 is 4.74 Å². The molecule has 1 atom stereocenters. The van der Waals surface area contributed by atoms with Crippen LogP contribution in [0.15, 0.2) is 41.5 Å². The van der Waals surface area contributed by atoms with Crippen molar-refractivity contribution in [2.45, 2.75) is 33.0 Å². The fourth-order valence-corrected chi connectivity index (χ4v) is 3.18. The number of carbonyl (C=O) groups excluding carboxylic acids is 1. The molecule has 3 aromatic rings. The van der Waals surface area contributed by atoms with E-state index in [9.17, 15) is 4.79 Å². The second-order valence-electron chi connectivity index (χ2n) is 6.18. The Labute approximate surface area is 150 Å². The lowest BCUT2D eigenvalue weighted by atomic mass is 10.2. The van der Waals surface area contributed by atoms with Crippen LogP contribution in [0.4, 0.5) is 0 Å². The molecule has 1 aliphatic heterocycles. The normalized spacial score (nSPS) is 16.4. The number of fused-ring (bicyclic) bond motifs is 1. The average molecular weight is 353 g/mol. The van der Waals surface area contributed by atoms with Crippen molar-refractivity contribution in [2.24, 2.45) is 0 Å². The number of nitrogens with zero attached hydrogens (tertiary/aromatic N) is 5. The summed E-state index contributed by atoms with van der Waals surface area (Å²) in [4.78, 5) is 27.1. The molecule has 4 heterocycles. The molecule has 0 bridgehead atoms. The summed E-state index contributed by atoms with van der Waals surface area (Å²) >= 11 is 0. The van der Waals surface area contributed by atoms with Crippen molar-refractivity contribution in [3.05, 3.63) is 60.1 Å². The smallest absolute Gasteiger partial charge is 0.292 e. The number of pyridine rings is 1. The van der Waals surface area contributed by atoms with Gasteiger partial charge in [0.25, 0.3) is 5.91 Å². The molecular formula is C18H19N5O3. The van der Waals surface area contributed by atoms with Crippen LogP contribution in [0.5, 0.6) is 5.75 Å². The highest BCUT2D eigenvalue weighted by Crippen LogP contribution is 2.27. The van der Waals surface area contributed by atoms with Gasteiger partial charge < -0.3 is 18.6 Å². The number of aromatic nitrogens is 4. The lowest BCUT2D eigenvalue weighted by molar-refractivity contribution is 0.0601. The van der Waals surface area contributed by atoms with Gasteiger partial charge in [0.2, 0.25) is 5.76 Å². The van der Waals surface area contributed by atoms with Gasteiger partial charge in [-0.2, -0.15) is 0 Å². The summed E-state index contributed by atoms with van der Waals surface area (Å²) < 4.78 is 13.1. The van der Waals surface area contributed by atoms with Gasteiger partial charge in [-0.1, -0.05) is 0 Å². The molecule has 0 N–H and O–H groups in total. The number of ether oxygens (including phenoxy) is 1. The van der Waals surface area contributed by atoms with E-state index in [4.69, 9.17) is 9.15 Å². The zero-order chi connectivity index (χ0) is 18.1. The largest absolute Gasteiger partial charge is 0.486 e. The third-order valence-corrected chi connectivity index (χ3v) is 4.60. The van der Waals surface area contributed by atoms with Gasteiger partial charge >= 0.3 is 0 Å². The Morgan fingerprint density at radius 2 is 2.23 bits per heavy atom. The summed E-state index contributed by atoms with van der Waals surface area (Å²) in [7, 11) is 0. The minimum absolute atomic E-state index is 0.157. The monoisotopic (exact) mass is 353 g/mol. The minimum atomic E-state index is -0.159. The standard InChI is InChI=1S/C18H19N5O3/c1-12-16(26-11-21-12)18(24)22-6-7-23-14(8-20-17(23)13(22)2)10-25-15-4-3-5-19-9-15/h3-5,8-9,11,13H,6-7,10H2,1-2H3. The number of amides is 1. The van der Waals surface area contributed by atoms with Gasteiger partial charge in [0.15, 0.2) is 6.39 Å². The first-order valence-corrected chi connectivity index (χ1v) is 8.43. The lowest BCUT2D eigenvalue weighted by Gasteiger charge is -2.33. The predicted octanol–water partition coefficient (Wildman–Crippen LogP) is 2.37. The molecule has 26 heavy (non-hydrogen) atoms. The Balaban J connectivity index is 1.51. The maximum atomic E-state index is 12.7. The Kier molecular flexibility index (Phi) is 4.16. The van der Waals surface area contributed by atoms with E-state index in [1.54, 1.807) is 30.4 Å². The van der Waals surface area contributed by atoms with E-state index in [0.717, 1.165) is 11.5 Å². The molecule has 134 valence electrons. The van der Waals surface area contributed by atoms with Crippen molar-refractivity contribution in [3.63, 3.8) is 0 Å². The number of carbonyl (C=O) groups is 1. The molecule has 1 aliphatic rings. The molecule has 0 spiro atoms. The van der Waals surface area contributed by atoms with Crippen LogP contribution in [0.25, 0.3) is 0 Å². The second kappa shape index (κ2) is 6.62. The topological polar surface area (TPSA) is 86.3 Å². The molecule has 8 nitrogen and oxygen atoms in total. The van der Waals surface area contributed by atoms with Gasteiger partial charge in [-0.05, 0) is 26.0 Å². The Bertz CT molecular complexity index is 918. The maximum Gasteiger partial charge on any atom is 0.292 e. The van der Waals surface area contributed by atoms with Crippen LogP contribution in [0.2, 0.25) is 0 Å². The van der Waals surface area contributed by atoms with Crippen LogP contribution in [-0.4, -0.2) is 36.9 Å². The quantitative estimate of drug-likeness (QED) is 0.716. The molecule has 3 aromatic heterocycles. The van der Waals surface area contributed by atoms with Crippen molar-refractivity contribution >= 4 is 5.91 Å². The van der Waals surface area contributed by atoms with E-state index in [2.05, 4.69) is 19.5 Å². The van der Waals surface area contributed by atoms with E-state index in [1.165, 1.54) is 6.39 Å². The van der Waals surface area contributed by atoms with Crippen molar-refractivity contribution < 1.29 is 13.9 Å². The molecule has 0 saturated heterocycles. The molecule has 1 unspecified atom stereocenters. The highest BCUT2D eigenvalue weighted by molar-refractivity contribution is 5.92. The minimum Gasteiger partial charge on any atom is -0.486 e. The van der Waals surface area contributed by atoms with E-state index in [0.29, 0.717) is 31.1 Å². The predicted molar refractivity (Wildman–Crippen MR) is 91.5 cm³/mol. The molecule has 0 saturated carbocycles. The molecular weight excluding hydrogens is 334 g/mol. The summed E-state index contributed by atoms with van der Waals surface area (Å²) in [5.41, 5.74) is 1.57. The summed E-state index contributed by atoms with van der Waals surface area (Å²) in [6.45, 7) is 5.36. The van der Waals surface area contributed by atoms with Crippen LogP contribution in [0.1, 0.15) is 40.7 Å². The molecule has 0 fully saturated rings. The zero-order valence-corrected chi connectivity index (χ0v) is 14.6. The molecule has 0 aromatic carbocycles. The second-order valence-corrected chi connectivity index (χ2v) is 6.18. The fraction of sp³-hybridized carbons (Fsp3) is 0.333. The third-order valence-electron chi connectivity index (χ3n) is 4.60. The summed E-state index contributed by atoms with van der Waals surface area (Å²) in [5.74, 6) is 1.68. The first kappa shape index (κ1) is 16.3. The number of aryl methyl sites for hydroxylation is 1.